The maximum atomic E-state index is 10.6. The Morgan fingerprint density at radius 1 is 1.39 bits per heavy atom. The van der Waals surface area contributed by atoms with Crippen LogP contribution in [0.4, 0.5) is 5.69 Å². The summed E-state index contributed by atoms with van der Waals surface area (Å²) in [5, 5.41) is 26.7. The van der Waals surface area contributed by atoms with E-state index in [-0.39, 0.29) is 12.3 Å². The second-order valence-electron chi connectivity index (χ2n) is 3.84. The molecule has 0 radical (unpaired) electrons. The summed E-state index contributed by atoms with van der Waals surface area (Å²) in [7, 11) is 0. The second kappa shape index (κ2) is 4.97. The maximum Gasteiger partial charge on any atom is 0.269 e. The number of aromatic nitrogens is 2. The van der Waals surface area contributed by atoms with Crippen molar-refractivity contribution in [1.82, 2.24) is 10.2 Å². The van der Waals surface area contributed by atoms with Crippen LogP contribution in [0.5, 0.6) is 0 Å². The number of nitrogens with one attached hydrogen (secondary N) is 1. The molecule has 1 aromatic carbocycles. The number of nitro groups is 1. The van der Waals surface area contributed by atoms with Crippen LogP contribution in [0.1, 0.15) is 18.3 Å². The van der Waals surface area contributed by atoms with E-state index in [1.54, 1.807) is 12.1 Å². The molecular weight excluding hydrogens is 234 g/mol. The minimum atomic E-state index is -0.438. The van der Waals surface area contributed by atoms with E-state index < -0.39 is 4.92 Å². The minimum absolute atomic E-state index is 0.0471. The molecule has 2 aromatic rings. The molecule has 0 atom stereocenters. The van der Waals surface area contributed by atoms with E-state index >= 15 is 0 Å². The molecule has 0 saturated carbocycles. The molecule has 1 heterocycles. The van der Waals surface area contributed by atoms with Crippen LogP contribution in [0.25, 0.3) is 11.1 Å². The molecule has 0 unspecified atom stereocenters. The Hall–Kier alpha value is -2.21. The normalized spacial score (nSPS) is 10.6. The lowest BCUT2D eigenvalue weighted by molar-refractivity contribution is -0.384. The van der Waals surface area contributed by atoms with Crippen LogP contribution in [-0.4, -0.2) is 20.2 Å². The number of non-ortho nitro benzene ring substituents is 1. The Balaban J connectivity index is 2.47. The standard InChI is InChI=1S/C12H13N3O3/c1-2-10-12(11(7-16)14-13-10)8-3-5-9(6-4-8)15(17)18/h3-6,16H,2,7H2,1H3,(H,13,14). The molecule has 0 amide bonds. The minimum Gasteiger partial charge on any atom is -0.390 e. The van der Waals surface area contributed by atoms with Crippen LogP contribution in [-0.2, 0) is 13.0 Å². The number of aliphatic hydroxyl groups excluding tert-OH is 1. The topological polar surface area (TPSA) is 92.0 Å². The van der Waals surface area contributed by atoms with Crippen molar-refractivity contribution in [2.75, 3.05) is 0 Å². The van der Waals surface area contributed by atoms with Gasteiger partial charge >= 0.3 is 0 Å². The van der Waals surface area contributed by atoms with E-state index in [2.05, 4.69) is 10.2 Å². The highest BCUT2D eigenvalue weighted by atomic mass is 16.6. The molecule has 6 heteroatoms. The second-order valence-corrected chi connectivity index (χ2v) is 3.84. The van der Waals surface area contributed by atoms with Gasteiger partial charge in [-0.1, -0.05) is 6.92 Å². The number of aliphatic hydroxyl groups is 1. The zero-order chi connectivity index (χ0) is 13.1. The fourth-order valence-electron chi connectivity index (χ4n) is 1.88. The van der Waals surface area contributed by atoms with Crippen molar-refractivity contribution < 1.29 is 10.0 Å². The lowest BCUT2D eigenvalue weighted by Gasteiger charge is -2.03. The molecule has 0 spiro atoms. The highest BCUT2D eigenvalue weighted by Gasteiger charge is 2.14. The predicted octanol–water partition coefficient (Wildman–Crippen LogP) is 2.04. The van der Waals surface area contributed by atoms with Crippen molar-refractivity contribution in [3.8, 4) is 11.1 Å². The van der Waals surface area contributed by atoms with E-state index in [1.165, 1.54) is 12.1 Å². The fraction of sp³-hybridized carbons (Fsp3) is 0.250. The Labute approximate surface area is 103 Å². The van der Waals surface area contributed by atoms with Gasteiger partial charge < -0.3 is 5.11 Å². The number of H-pyrrole nitrogens is 1. The third kappa shape index (κ3) is 2.10. The fourth-order valence-corrected chi connectivity index (χ4v) is 1.88. The molecule has 18 heavy (non-hydrogen) atoms. The summed E-state index contributed by atoms with van der Waals surface area (Å²) in [5.74, 6) is 0. The molecule has 0 saturated heterocycles. The quantitative estimate of drug-likeness (QED) is 0.638. The predicted molar refractivity (Wildman–Crippen MR) is 66.0 cm³/mol. The van der Waals surface area contributed by atoms with Crippen LogP contribution < -0.4 is 0 Å². The molecule has 94 valence electrons. The van der Waals surface area contributed by atoms with Gasteiger partial charge in [0.05, 0.1) is 22.9 Å². The first kappa shape index (κ1) is 12.3. The van der Waals surface area contributed by atoms with Crippen molar-refractivity contribution in [1.29, 1.82) is 0 Å². The number of nitrogens with zero attached hydrogens (tertiary/aromatic N) is 2. The average Bonchev–Trinajstić information content (AvgIpc) is 2.81. The van der Waals surface area contributed by atoms with Gasteiger partial charge in [-0.25, -0.2) is 0 Å². The van der Waals surface area contributed by atoms with Crippen molar-refractivity contribution in [2.24, 2.45) is 0 Å². The highest BCUT2D eigenvalue weighted by molar-refractivity contribution is 5.69. The molecule has 0 bridgehead atoms. The lowest BCUT2D eigenvalue weighted by Crippen LogP contribution is -1.91. The van der Waals surface area contributed by atoms with E-state index in [0.29, 0.717) is 5.69 Å². The van der Waals surface area contributed by atoms with Crippen molar-refractivity contribution in [2.45, 2.75) is 20.0 Å². The Bertz CT molecular complexity index is 539. The summed E-state index contributed by atoms with van der Waals surface area (Å²) in [4.78, 5) is 10.2. The van der Waals surface area contributed by atoms with Crippen LogP contribution in [0.3, 0.4) is 0 Å². The van der Waals surface area contributed by atoms with Gasteiger partial charge in [-0.15, -0.1) is 0 Å². The van der Waals surface area contributed by atoms with Gasteiger partial charge in [0.25, 0.3) is 5.69 Å². The van der Waals surface area contributed by atoms with Gasteiger partial charge in [0.15, 0.2) is 0 Å². The van der Waals surface area contributed by atoms with E-state index in [1.807, 2.05) is 6.92 Å². The summed E-state index contributed by atoms with van der Waals surface area (Å²) in [5.41, 5.74) is 3.16. The van der Waals surface area contributed by atoms with Crippen molar-refractivity contribution >= 4 is 5.69 Å². The first-order valence-corrected chi connectivity index (χ1v) is 5.59. The largest absolute Gasteiger partial charge is 0.390 e. The lowest BCUT2D eigenvalue weighted by atomic mass is 10.0. The summed E-state index contributed by atoms with van der Waals surface area (Å²) < 4.78 is 0. The van der Waals surface area contributed by atoms with E-state index in [4.69, 9.17) is 0 Å². The van der Waals surface area contributed by atoms with Crippen molar-refractivity contribution in [3.05, 3.63) is 45.8 Å². The van der Waals surface area contributed by atoms with Crippen LogP contribution in [0.2, 0.25) is 0 Å². The Morgan fingerprint density at radius 3 is 2.56 bits per heavy atom. The van der Waals surface area contributed by atoms with Crippen molar-refractivity contribution in [3.63, 3.8) is 0 Å². The summed E-state index contributed by atoms with van der Waals surface area (Å²) in [6, 6.07) is 6.23. The zero-order valence-electron chi connectivity index (χ0n) is 9.88. The van der Waals surface area contributed by atoms with Gasteiger partial charge in [0, 0.05) is 17.7 Å². The Kier molecular flexibility index (Phi) is 3.38. The van der Waals surface area contributed by atoms with E-state index in [9.17, 15) is 15.2 Å². The number of aryl methyl sites for hydroxylation is 1. The monoisotopic (exact) mass is 247 g/mol. The smallest absolute Gasteiger partial charge is 0.269 e. The first-order chi connectivity index (χ1) is 8.67. The number of rotatable bonds is 4. The van der Waals surface area contributed by atoms with Crippen LogP contribution in [0.15, 0.2) is 24.3 Å². The molecule has 1 aromatic heterocycles. The van der Waals surface area contributed by atoms with Crippen LogP contribution >= 0.6 is 0 Å². The maximum absolute atomic E-state index is 10.6. The van der Waals surface area contributed by atoms with Gasteiger partial charge in [-0.3, -0.25) is 15.2 Å². The summed E-state index contributed by atoms with van der Waals surface area (Å²) in [6.45, 7) is 1.82. The number of hydrogen-bond acceptors (Lipinski definition) is 4. The Morgan fingerprint density at radius 2 is 2.06 bits per heavy atom. The molecule has 0 aliphatic heterocycles. The zero-order valence-corrected chi connectivity index (χ0v) is 9.88. The molecule has 2 N–H and O–H groups in total. The van der Waals surface area contributed by atoms with E-state index in [0.717, 1.165) is 23.2 Å². The van der Waals surface area contributed by atoms with Gasteiger partial charge in [-0.2, -0.15) is 5.10 Å². The first-order valence-electron chi connectivity index (χ1n) is 5.59. The molecule has 2 rings (SSSR count). The van der Waals surface area contributed by atoms with Crippen LogP contribution in [0, 0.1) is 10.1 Å². The van der Waals surface area contributed by atoms with Gasteiger partial charge in [-0.05, 0) is 24.1 Å². The molecule has 0 aliphatic rings. The number of hydrogen-bond donors (Lipinski definition) is 2. The number of nitro benzene ring substituents is 1. The molecule has 0 aliphatic carbocycles. The summed E-state index contributed by atoms with van der Waals surface area (Å²) in [6.07, 6.45) is 0.725. The number of aromatic amines is 1. The molecule has 6 nitrogen and oxygen atoms in total. The SMILES string of the molecule is CCc1n[nH]c(CO)c1-c1ccc([N+](=O)[O-])cc1. The average molecular weight is 247 g/mol. The molecule has 0 fully saturated rings. The molecular formula is C12H13N3O3. The third-order valence-electron chi connectivity index (χ3n) is 2.78. The number of benzene rings is 1. The summed E-state index contributed by atoms with van der Waals surface area (Å²) >= 11 is 0. The third-order valence-corrected chi connectivity index (χ3v) is 2.78. The van der Waals surface area contributed by atoms with Gasteiger partial charge in [0.2, 0.25) is 0 Å². The van der Waals surface area contributed by atoms with Gasteiger partial charge in [0.1, 0.15) is 0 Å². The highest BCUT2D eigenvalue weighted by Crippen LogP contribution is 2.28.